The Morgan fingerprint density at radius 2 is 1.57 bits per heavy atom. The summed E-state index contributed by atoms with van der Waals surface area (Å²) in [5, 5.41) is -0.821. The number of hydrogen-bond donors (Lipinski definition) is 0. The van der Waals surface area contributed by atoms with E-state index in [1.54, 1.807) is 31.2 Å². The van der Waals surface area contributed by atoms with Crippen LogP contribution < -0.4 is 9.47 Å². The summed E-state index contributed by atoms with van der Waals surface area (Å²) in [6.45, 7) is 2.06. The van der Waals surface area contributed by atoms with Gasteiger partial charge in [-0.25, -0.2) is 4.79 Å². The van der Waals surface area contributed by atoms with Crippen LogP contribution in [-0.2, 0) is 9.53 Å². The molecule has 0 aliphatic rings. The van der Waals surface area contributed by atoms with Gasteiger partial charge in [-0.15, -0.1) is 0 Å². The van der Waals surface area contributed by atoms with Crippen LogP contribution in [0.5, 0.6) is 17.2 Å². The lowest BCUT2D eigenvalue weighted by Crippen LogP contribution is -2.23. The fourth-order valence-electron chi connectivity index (χ4n) is 1.59. The maximum absolute atomic E-state index is 11.4. The van der Waals surface area contributed by atoms with Crippen molar-refractivity contribution in [3.8, 4) is 17.2 Å². The van der Waals surface area contributed by atoms with E-state index < -0.39 is 11.0 Å². The van der Waals surface area contributed by atoms with Gasteiger partial charge in [0.25, 0.3) is 0 Å². The number of rotatable bonds is 6. The normalized spacial score (nSPS) is 11.5. The summed E-state index contributed by atoms with van der Waals surface area (Å²) in [4.78, 5) is 11.4. The first-order valence-corrected chi connectivity index (χ1v) is 7.41. The first-order valence-electron chi connectivity index (χ1n) is 6.49. The molecule has 4 nitrogen and oxygen atoms in total. The topological polar surface area (TPSA) is 44.8 Å². The van der Waals surface area contributed by atoms with Crippen LogP contribution in [0.1, 0.15) is 6.92 Å². The van der Waals surface area contributed by atoms with E-state index in [4.69, 9.17) is 14.2 Å². The predicted molar refractivity (Wildman–Crippen MR) is 82.9 cm³/mol. The lowest BCUT2D eigenvalue weighted by molar-refractivity contribution is -0.146. The third-order valence-electron chi connectivity index (χ3n) is 2.51. The Balaban J connectivity index is 1.94. The van der Waals surface area contributed by atoms with E-state index in [-0.39, 0.29) is 0 Å². The van der Waals surface area contributed by atoms with Crippen LogP contribution in [0.15, 0.2) is 54.6 Å². The van der Waals surface area contributed by atoms with E-state index in [0.29, 0.717) is 18.1 Å². The number of alkyl halides is 1. The molecule has 5 heteroatoms. The molecular formula is C16H15BrO4. The number of carbonyl (C=O) groups excluding carboxylic acids is 1. The summed E-state index contributed by atoms with van der Waals surface area (Å²) in [6.07, 6.45) is 0. The molecule has 0 aliphatic carbocycles. The van der Waals surface area contributed by atoms with Crippen LogP contribution in [0.25, 0.3) is 0 Å². The largest absolute Gasteiger partial charge is 0.467 e. The van der Waals surface area contributed by atoms with E-state index in [9.17, 15) is 4.79 Å². The zero-order chi connectivity index (χ0) is 15.1. The Labute approximate surface area is 131 Å². The van der Waals surface area contributed by atoms with Gasteiger partial charge in [-0.3, -0.25) is 0 Å². The molecule has 1 unspecified atom stereocenters. The van der Waals surface area contributed by atoms with E-state index in [1.807, 2.05) is 30.3 Å². The van der Waals surface area contributed by atoms with E-state index in [0.717, 1.165) is 5.75 Å². The minimum absolute atomic E-state index is 0.314. The highest BCUT2D eigenvalue weighted by Gasteiger charge is 2.17. The van der Waals surface area contributed by atoms with Crippen molar-refractivity contribution in [3.63, 3.8) is 0 Å². The average molecular weight is 351 g/mol. The number of hydrogen-bond acceptors (Lipinski definition) is 4. The molecule has 0 aromatic heterocycles. The third-order valence-corrected chi connectivity index (χ3v) is 3.07. The molecule has 0 N–H and O–H groups in total. The molecule has 0 aliphatic heterocycles. The summed E-state index contributed by atoms with van der Waals surface area (Å²) in [5.41, 5.74) is 0. The van der Waals surface area contributed by atoms with Gasteiger partial charge in [0.05, 0.1) is 6.61 Å². The van der Waals surface area contributed by atoms with E-state index in [1.165, 1.54) is 0 Å². The second-order valence-electron chi connectivity index (χ2n) is 4.07. The molecule has 2 aromatic rings. The van der Waals surface area contributed by atoms with Crippen molar-refractivity contribution in [3.05, 3.63) is 54.6 Å². The molecule has 110 valence electrons. The Hall–Kier alpha value is -2.01. The standard InChI is InChI=1S/C16H15BrO4/c1-2-19-16(18)15(17)21-14-10-8-13(9-11-14)20-12-6-4-3-5-7-12/h3-11,15H,2H2,1H3. The number of halogens is 1. The van der Waals surface area contributed by atoms with Gasteiger partial charge < -0.3 is 14.2 Å². The summed E-state index contributed by atoms with van der Waals surface area (Å²) >= 11 is 3.13. The van der Waals surface area contributed by atoms with Gasteiger partial charge in [0, 0.05) is 0 Å². The van der Waals surface area contributed by atoms with E-state index in [2.05, 4.69) is 15.9 Å². The molecule has 0 amide bonds. The minimum Gasteiger partial charge on any atom is -0.467 e. The maximum Gasteiger partial charge on any atom is 0.358 e. The summed E-state index contributed by atoms with van der Waals surface area (Å²) in [5.74, 6) is 1.54. The molecule has 1 atom stereocenters. The van der Waals surface area contributed by atoms with Crippen molar-refractivity contribution in [1.82, 2.24) is 0 Å². The lowest BCUT2D eigenvalue weighted by Gasteiger charge is -2.12. The molecule has 0 saturated heterocycles. The predicted octanol–water partition coefficient (Wildman–Crippen LogP) is 4.14. The Morgan fingerprint density at radius 3 is 2.19 bits per heavy atom. The Bertz CT molecular complexity index is 569. The zero-order valence-electron chi connectivity index (χ0n) is 11.5. The molecule has 0 radical (unpaired) electrons. The highest BCUT2D eigenvalue weighted by atomic mass is 79.9. The van der Waals surface area contributed by atoms with Gasteiger partial charge in [-0.05, 0) is 59.3 Å². The van der Waals surface area contributed by atoms with Crippen LogP contribution in [0.2, 0.25) is 0 Å². The fraction of sp³-hybridized carbons (Fsp3) is 0.188. The van der Waals surface area contributed by atoms with Gasteiger partial charge in [0.1, 0.15) is 17.2 Å². The Morgan fingerprint density at radius 1 is 1.00 bits per heavy atom. The quantitative estimate of drug-likeness (QED) is 0.580. The number of carbonyl (C=O) groups is 1. The van der Waals surface area contributed by atoms with Crippen LogP contribution >= 0.6 is 15.9 Å². The molecule has 0 saturated carbocycles. The van der Waals surface area contributed by atoms with Crippen LogP contribution in [-0.4, -0.2) is 17.6 Å². The van der Waals surface area contributed by atoms with Crippen molar-refractivity contribution in [2.45, 2.75) is 11.9 Å². The molecule has 2 aromatic carbocycles. The lowest BCUT2D eigenvalue weighted by atomic mass is 10.3. The maximum atomic E-state index is 11.4. The SMILES string of the molecule is CCOC(=O)C(Br)Oc1ccc(Oc2ccccc2)cc1. The summed E-state index contributed by atoms with van der Waals surface area (Å²) in [7, 11) is 0. The van der Waals surface area contributed by atoms with Crippen LogP contribution in [0.4, 0.5) is 0 Å². The second-order valence-corrected chi connectivity index (χ2v) is 4.90. The fourth-order valence-corrected chi connectivity index (χ4v) is 1.93. The van der Waals surface area contributed by atoms with Gasteiger partial charge in [-0.2, -0.15) is 0 Å². The van der Waals surface area contributed by atoms with Crippen LogP contribution in [0.3, 0.4) is 0 Å². The van der Waals surface area contributed by atoms with Crippen molar-refractivity contribution in [2.24, 2.45) is 0 Å². The second kappa shape index (κ2) is 7.69. The van der Waals surface area contributed by atoms with Gasteiger partial charge in [0.15, 0.2) is 0 Å². The minimum atomic E-state index is -0.821. The van der Waals surface area contributed by atoms with Crippen molar-refractivity contribution < 1.29 is 19.0 Å². The smallest absolute Gasteiger partial charge is 0.358 e. The Kier molecular flexibility index (Phi) is 5.63. The monoisotopic (exact) mass is 350 g/mol. The summed E-state index contributed by atoms with van der Waals surface area (Å²) in [6, 6.07) is 16.5. The number of ether oxygens (including phenoxy) is 3. The van der Waals surface area contributed by atoms with Gasteiger partial charge >= 0.3 is 5.97 Å². The molecule has 21 heavy (non-hydrogen) atoms. The third kappa shape index (κ3) is 4.79. The van der Waals surface area contributed by atoms with Crippen molar-refractivity contribution >= 4 is 21.9 Å². The van der Waals surface area contributed by atoms with Crippen molar-refractivity contribution in [1.29, 1.82) is 0 Å². The zero-order valence-corrected chi connectivity index (χ0v) is 13.1. The van der Waals surface area contributed by atoms with Crippen molar-refractivity contribution in [2.75, 3.05) is 6.61 Å². The number of para-hydroxylation sites is 1. The molecule has 0 spiro atoms. The highest BCUT2D eigenvalue weighted by Crippen LogP contribution is 2.24. The number of benzene rings is 2. The number of esters is 1. The summed E-state index contributed by atoms with van der Waals surface area (Å²) < 4.78 is 15.9. The van der Waals surface area contributed by atoms with Gasteiger partial charge in [0.2, 0.25) is 5.01 Å². The van der Waals surface area contributed by atoms with Gasteiger partial charge in [-0.1, -0.05) is 18.2 Å². The first-order chi connectivity index (χ1) is 10.2. The highest BCUT2D eigenvalue weighted by molar-refractivity contribution is 9.09. The molecule has 0 bridgehead atoms. The molecule has 2 rings (SSSR count). The molecular weight excluding hydrogens is 336 g/mol. The average Bonchev–Trinajstić information content (AvgIpc) is 2.50. The molecule has 0 heterocycles. The first kappa shape index (κ1) is 15.4. The molecule has 0 fully saturated rings. The van der Waals surface area contributed by atoms with E-state index >= 15 is 0 Å². The van der Waals surface area contributed by atoms with Crippen LogP contribution in [0, 0.1) is 0 Å².